The van der Waals surface area contributed by atoms with Gasteiger partial charge < -0.3 is 5.73 Å². The van der Waals surface area contributed by atoms with Crippen molar-refractivity contribution in [2.24, 2.45) is 5.73 Å². The van der Waals surface area contributed by atoms with Crippen LogP contribution in [-0.2, 0) is 6.54 Å². The minimum absolute atomic E-state index is 0.394. The zero-order valence-electron chi connectivity index (χ0n) is 12.8. The van der Waals surface area contributed by atoms with Crippen LogP contribution in [0.4, 0.5) is 0 Å². The summed E-state index contributed by atoms with van der Waals surface area (Å²) in [5, 5.41) is 0.754. The largest absolute Gasteiger partial charge is 0.389 e. The summed E-state index contributed by atoms with van der Waals surface area (Å²) in [5.74, 6) is 0. The molecule has 0 bridgehead atoms. The van der Waals surface area contributed by atoms with E-state index in [1.807, 2.05) is 18.2 Å². The lowest BCUT2D eigenvalue weighted by Gasteiger charge is -2.38. The highest BCUT2D eigenvalue weighted by Crippen LogP contribution is 2.21. The van der Waals surface area contributed by atoms with Crippen LogP contribution in [0.25, 0.3) is 0 Å². The molecule has 2 rings (SSSR count). The average molecular weight is 326 g/mol. The second-order valence-electron chi connectivity index (χ2n) is 5.74. The van der Waals surface area contributed by atoms with Gasteiger partial charge in [0.05, 0.1) is 0 Å². The number of nitrogens with zero attached hydrogens (tertiary/aromatic N) is 2. The standard InChI is InChI=1S/C16H24ClN3S/c1-3-12(2)20-8-6-19(7-9-20)11-14-5-4-13(16(18)21)10-15(14)17/h4-5,10,12H,3,6-9,11H2,1-2H3,(H2,18,21). The molecule has 1 aliphatic rings. The van der Waals surface area contributed by atoms with E-state index in [-0.39, 0.29) is 0 Å². The van der Waals surface area contributed by atoms with Crippen molar-refractivity contribution in [1.82, 2.24) is 9.80 Å². The van der Waals surface area contributed by atoms with Crippen molar-refractivity contribution in [3.05, 3.63) is 34.3 Å². The molecule has 0 amide bonds. The second-order valence-corrected chi connectivity index (χ2v) is 6.59. The summed E-state index contributed by atoms with van der Waals surface area (Å²) in [6.07, 6.45) is 1.21. The molecule has 1 saturated heterocycles. The van der Waals surface area contributed by atoms with Gasteiger partial charge in [0.15, 0.2) is 0 Å². The molecule has 0 spiro atoms. The molecule has 0 saturated carbocycles. The van der Waals surface area contributed by atoms with Crippen LogP contribution in [-0.4, -0.2) is 47.0 Å². The Bertz CT molecular complexity index is 498. The van der Waals surface area contributed by atoms with Gasteiger partial charge in [-0.05, 0) is 25.0 Å². The number of thiocarbonyl (C=S) groups is 1. The minimum Gasteiger partial charge on any atom is -0.389 e. The molecule has 1 aliphatic heterocycles. The van der Waals surface area contributed by atoms with Gasteiger partial charge in [0.2, 0.25) is 0 Å². The van der Waals surface area contributed by atoms with Crippen LogP contribution in [0, 0.1) is 0 Å². The van der Waals surface area contributed by atoms with Gasteiger partial charge in [-0.15, -0.1) is 0 Å². The van der Waals surface area contributed by atoms with Crippen LogP contribution in [0.15, 0.2) is 18.2 Å². The summed E-state index contributed by atoms with van der Waals surface area (Å²) >= 11 is 11.3. The quantitative estimate of drug-likeness (QED) is 0.844. The van der Waals surface area contributed by atoms with Gasteiger partial charge in [0.25, 0.3) is 0 Å². The molecular formula is C16H24ClN3S. The van der Waals surface area contributed by atoms with Gasteiger partial charge >= 0.3 is 0 Å². The van der Waals surface area contributed by atoms with E-state index in [1.54, 1.807) is 0 Å². The molecule has 0 radical (unpaired) electrons. The monoisotopic (exact) mass is 325 g/mol. The van der Waals surface area contributed by atoms with Gasteiger partial charge in [-0.1, -0.05) is 42.9 Å². The first kappa shape index (κ1) is 16.7. The highest BCUT2D eigenvalue weighted by atomic mass is 35.5. The molecule has 1 atom stereocenters. The summed E-state index contributed by atoms with van der Waals surface area (Å²) in [7, 11) is 0. The van der Waals surface area contributed by atoms with Crippen LogP contribution in [0.2, 0.25) is 5.02 Å². The summed E-state index contributed by atoms with van der Waals surface area (Å²) in [6, 6.07) is 6.55. The summed E-state index contributed by atoms with van der Waals surface area (Å²) in [5.41, 5.74) is 7.61. The molecule has 1 heterocycles. The Balaban J connectivity index is 1.93. The predicted octanol–water partition coefficient (Wildman–Crippen LogP) is 2.89. The number of halogens is 1. The molecule has 1 unspecified atom stereocenters. The third-order valence-electron chi connectivity index (χ3n) is 4.35. The molecule has 1 fully saturated rings. The lowest BCUT2D eigenvalue weighted by molar-refractivity contribution is 0.0964. The Hall–Kier alpha value is -0.680. The van der Waals surface area contributed by atoms with Crippen molar-refractivity contribution in [1.29, 1.82) is 0 Å². The molecule has 2 N–H and O–H groups in total. The number of hydrogen-bond donors (Lipinski definition) is 1. The van der Waals surface area contributed by atoms with E-state index >= 15 is 0 Å². The first-order chi connectivity index (χ1) is 10.0. The van der Waals surface area contributed by atoms with Gasteiger partial charge in [0, 0.05) is 49.4 Å². The number of piperazine rings is 1. The first-order valence-electron chi connectivity index (χ1n) is 7.56. The fourth-order valence-corrected chi connectivity index (χ4v) is 3.06. The zero-order chi connectivity index (χ0) is 15.4. The fourth-order valence-electron chi connectivity index (χ4n) is 2.69. The van der Waals surface area contributed by atoms with E-state index in [2.05, 4.69) is 23.6 Å². The maximum atomic E-state index is 6.34. The van der Waals surface area contributed by atoms with Crippen molar-refractivity contribution in [3.8, 4) is 0 Å². The Labute approximate surface area is 138 Å². The summed E-state index contributed by atoms with van der Waals surface area (Å²) in [4.78, 5) is 5.42. The van der Waals surface area contributed by atoms with Crippen molar-refractivity contribution < 1.29 is 0 Å². The van der Waals surface area contributed by atoms with Crippen molar-refractivity contribution in [2.45, 2.75) is 32.9 Å². The number of hydrogen-bond acceptors (Lipinski definition) is 3. The van der Waals surface area contributed by atoms with E-state index < -0.39 is 0 Å². The highest BCUT2D eigenvalue weighted by Gasteiger charge is 2.20. The topological polar surface area (TPSA) is 32.5 Å². The highest BCUT2D eigenvalue weighted by molar-refractivity contribution is 7.80. The van der Waals surface area contributed by atoms with E-state index in [4.69, 9.17) is 29.6 Å². The Morgan fingerprint density at radius 2 is 2.00 bits per heavy atom. The fraction of sp³-hybridized carbons (Fsp3) is 0.562. The average Bonchev–Trinajstić information content (AvgIpc) is 2.49. The van der Waals surface area contributed by atoms with E-state index in [1.165, 1.54) is 6.42 Å². The molecule has 1 aromatic carbocycles. The van der Waals surface area contributed by atoms with E-state index in [9.17, 15) is 0 Å². The van der Waals surface area contributed by atoms with Crippen molar-refractivity contribution >= 4 is 28.8 Å². The SMILES string of the molecule is CCC(C)N1CCN(Cc2ccc(C(N)=S)cc2Cl)CC1. The van der Waals surface area contributed by atoms with Crippen molar-refractivity contribution in [3.63, 3.8) is 0 Å². The lowest BCUT2D eigenvalue weighted by atomic mass is 10.1. The molecule has 3 nitrogen and oxygen atoms in total. The Morgan fingerprint density at radius 3 is 2.52 bits per heavy atom. The third-order valence-corrected chi connectivity index (χ3v) is 4.94. The lowest BCUT2D eigenvalue weighted by Crippen LogP contribution is -2.49. The van der Waals surface area contributed by atoms with Crippen molar-refractivity contribution in [2.75, 3.05) is 26.2 Å². The minimum atomic E-state index is 0.394. The number of nitrogens with two attached hydrogens (primary N) is 1. The maximum absolute atomic E-state index is 6.34. The second kappa shape index (κ2) is 7.54. The molecule has 0 aliphatic carbocycles. The Morgan fingerprint density at radius 1 is 1.33 bits per heavy atom. The predicted molar refractivity (Wildman–Crippen MR) is 93.9 cm³/mol. The summed E-state index contributed by atoms with van der Waals surface area (Å²) < 4.78 is 0. The molecule has 21 heavy (non-hydrogen) atoms. The zero-order valence-corrected chi connectivity index (χ0v) is 14.4. The number of benzene rings is 1. The smallest absolute Gasteiger partial charge is 0.104 e. The normalized spacial score (nSPS) is 18.6. The van der Waals surface area contributed by atoms with E-state index in [0.29, 0.717) is 11.0 Å². The van der Waals surface area contributed by atoms with Gasteiger partial charge in [-0.2, -0.15) is 0 Å². The van der Waals surface area contributed by atoms with Crippen LogP contribution in [0.1, 0.15) is 31.4 Å². The molecule has 1 aromatic rings. The van der Waals surface area contributed by atoms with E-state index in [0.717, 1.165) is 48.9 Å². The van der Waals surface area contributed by atoms with Crippen LogP contribution in [0.5, 0.6) is 0 Å². The van der Waals surface area contributed by atoms with Gasteiger partial charge in [-0.3, -0.25) is 9.80 Å². The van der Waals surface area contributed by atoms with Crippen LogP contribution >= 0.6 is 23.8 Å². The molecule has 5 heteroatoms. The molecular weight excluding hydrogens is 302 g/mol. The molecule has 116 valence electrons. The van der Waals surface area contributed by atoms with Crippen LogP contribution < -0.4 is 5.73 Å². The van der Waals surface area contributed by atoms with Crippen LogP contribution in [0.3, 0.4) is 0 Å². The Kier molecular flexibility index (Phi) is 5.99. The summed E-state index contributed by atoms with van der Waals surface area (Å²) in [6.45, 7) is 9.91. The van der Waals surface area contributed by atoms with Gasteiger partial charge in [-0.25, -0.2) is 0 Å². The molecule has 0 aromatic heterocycles. The van der Waals surface area contributed by atoms with Gasteiger partial charge in [0.1, 0.15) is 4.99 Å². The number of rotatable bonds is 5. The first-order valence-corrected chi connectivity index (χ1v) is 8.34. The maximum Gasteiger partial charge on any atom is 0.104 e. The third kappa shape index (κ3) is 4.39.